The monoisotopic (exact) mass is 250 g/mol. The summed E-state index contributed by atoms with van der Waals surface area (Å²) in [6, 6.07) is 0. The molecule has 1 aliphatic heterocycles. The molecular formula is C14H22N2O2. The van der Waals surface area contributed by atoms with Crippen LogP contribution in [0.2, 0.25) is 0 Å². The number of nitrogens with zero attached hydrogens (tertiary/aromatic N) is 2. The Bertz CT molecular complexity index is 466. The van der Waals surface area contributed by atoms with Crippen LogP contribution in [0.1, 0.15) is 56.9 Å². The molecule has 0 saturated heterocycles. The van der Waals surface area contributed by atoms with Crippen LogP contribution in [0.3, 0.4) is 0 Å². The van der Waals surface area contributed by atoms with E-state index in [1.165, 1.54) is 0 Å². The van der Waals surface area contributed by atoms with Gasteiger partial charge in [-0.15, -0.1) is 0 Å². The molecule has 0 saturated carbocycles. The Hall–Kier alpha value is -1.00. The van der Waals surface area contributed by atoms with Gasteiger partial charge in [0.05, 0.1) is 17.9 Å². The van der Waals surface area contributed by atoms with Gasteiger partial charge in [0.15, 0.2) is 0 Å². The molecule has 0 amide bonds. The summed E-state index contributed by atoms with van der Waals surface area (Å²) in [5, 5.41) is 10.0. The molecule has 1 unspecified atom stereocenters. The average Bonchev–Trinajstić information content (AvgIpc) is 2.53. The van der Waals surface area contributed by atoms with Crippen molar-refractivity contribution < 1.29 is 9.84 Å². The fourth-order valence-electron chi connectivity index (χ4n) is 2.80. The van der Waals surface area contributed by atoms with E-state index in [1.54, 1.807) is 13.8 Å². The molecule has 0 aliphatic carbocycles. The Labute approximate surface area is 108 Å². The van der Waals surface area contributed by atoms with Crippen LogP contribution >= 0.6 is 0 Å². The number of ether oxygens (including phenoxy) is 1. The maximum Gasteiger partial charge on any atom is 0.125 e. The molecule has 18 heavy (non-hydrogen) atoms. The molecule has 1 aromatic rings. The van der Waals surface area contributed by atoms with Gasteiger partial charge in [0.2, 0.25) is 0 Å². The minimum Gasteiger partial charge on any atom is -0.390 e. The molecule has 0 fully saturated rings. The smallest absolute Gasteiger partial charge is 0.125 e. The highest BCUT2D eigenvalue weighted by Crippen LogP contribution is 2.41. The van der Waals surface area contributed by atoms with Gasteiger partial charge in [-0.25, -0.2) is 9.97 Å². The number of aryl methyl sites for hydroxylation is 2. The predicted molar refractivity (Wildman–Crippen MR) is 69.2 cm³/mol. The standard InChI is InChI=1S/C14H22N2O2/c1-6-11-10-7-18-14(5,8-13(3,4)17)12(10)16-9(2)15-11/h17H,6-8H2,1-5H3. The third-order valence-corrected chi connectivity index (χ3v) is 3.35. The molecule has 1 atom stereocenters. The fourth-order valence-corrected chi connectivity index (χ4v) is 2.80. The summed E-state index contributed by atoms with van der Waals surface area (Å²) in [6.07, 6.45) is 1.42. The Morgan fingerprint density at radius 1 is 1.39 bits per heavy atom. The van der Waals surface area contributed by atoms with Gasteiger partial charge in [0, 0.05) is 17.7 Å². The van der Waals surface area contributed by atoms with Crippen molar-refractivity contribution in [3.63, 3.8) is 0 Å². The Morgan fingerprint density at radius 3 is 2.61 bits per heavy atom. The van der Waals surface area contributed by atoms with Crippen LogP contribution in [0.5, 0.6) is 0 Å². The first kappa shape index (κ1) is 13.4. The van der Waals surface area contributed by atoms with Crippen molar-refractivity contribution in [3.05, 3.63) is 22.8 Å². The number of fused-ring (bicyclic) bond motifs is 1. The fraction of sp³-hybridized carbons (Fsp3) is 0.714. The number of aromatic nitrogens is 2. The molecule has 100 valence electrons. The van der Waals surface area contributed by atoms with Crippen molar-refractivity contribution in [2.45, 2.75) is 65.3 Å². The molecule has 1 aliphatic rings. The van der Waals surface area contributed by atoms with Gasteiger partial charge in [0.1, 0.15) is 11.4 Å². The van der Waals surface area contributed by atoms with Crippen molar-refractivity contribution in [2.24, 2.45) is 0 Å². The number of rotatable bonds is 3. The largest absolute Gasteiger partial charge is 0.390 e. The Kier molecular flexibility index (Phi) is 3.19. The molecule has 0 bridgehead atoms. The zero-order valence-electron chi connectivity index (χ0n) is 11.9. The third-order valence-electron chi connectivity index (χ3n) is 3.35. The van der Waals surface area contributed by atoms with E-state index >= 15 is 0 Å². The van der Waals surface area contributed by atoms with Crippen LogP contribution in [-0.2, 0) is 23.4 Å². The Balaban J connectivity index is 2.47. The van der Waals surface area contributed by atoms with E-state index < -0.39 is 11.2 Å². The van der Waals surface area contributed by atoms with E-state index in [9.17, 15) is 5.11 Å². The summed E-state index contributed by atoms with van der Waals surface area (Å²) in [5.74, 6) is 0.776. The van der Waals surface area contributed by atoms with Crippen LogP contribution in [-0.4, -0.2) is 20.7 Å². The van der Waals surface area contributed by atoms with Gasteiger partial charge in [-0.3, -0.25) is 0 Å². The molecular weight excluding hydrogens is 228 g/mol. The number of aliphatic hydroxyl groups is 1. The topological polar surface area (TPSA) is 55.2 Å². The van der Waals surface area contributed by atoms with Crippen LogP contribution < -0.4 is 0 Å². The minimum absolute atomic E-state index is 0.509. The van der Waals surface area contributed by atoms with Crippen LogP contribution in [0.15, 0.2) is 0 Å². The van der Waals surface area contributed by atoms with Crippen molar-refractivity contribution in [2.75, 3.05) is 0 Å². The SMILES string of the molecule is CCc1nc(C)nc2c1COC2(C)CC(C)(C)O. The molecule has 2 rings (SSSR count). The Morgan fingerprint density at radius 2 is 2.06 bits per heavy atom. The zero-order valence-corrected chi connectivity index (χ0v) is 11.9. The highest BCUT2D eigenvalue weighted by molar-refractivity contribution is 5.33. The lowest BCUT2D eigenvalue weighted by Crippen LogP contribution is -2.34. The van der Waals surface area contributed by atoms with Gasteiger partial charge >= 0.3 is 0 Å². The van der Waals surface area contributed by atoms with Gasteiger partial charge in [-0.2, -0.15) is 0 Å². The van der Waals surface area contributed by atoms with Crippen molar-refractivity contribution in [1.29, 1.82) is 0 Å². The van der Waals surface area contributed by atoms with E-state index in [2.05, 4.69) is 16.9 Å². The second-order valence-electron chi connectivity index (χ2n) is 5.91. The first-order valence-electron chi connectivity index (χ1n) is 6.48. The highest BCUT2D eigenvalue weighted by atomic mass is 16.5. The summed E-state index contributed by atoms with van der Waals surface area (Å²) in [5.41, 5.74) is 1.84. The number of hydrogen-bond donors (Lipinski definition) is 1. The van der Waals surface area contributed by atoms with Crippen molar-refractivity contribution >= 4 is 0 Å². The summed E-state index contributed by atoms with van der Waals surface area (Å²) in [7, 11) is 0. The first-order valence-corrected chi connectivity index (χ1v) is 6.48. The summed E-state index contributed by atoms with van der Waals surface area (Å²) in [6.45, 7) is 10.1. The third kappa shape index (κ3) is 2.40. The lowest BCUT2D eigenvalue weighted by Gasteiger charge is -2.30. The molecule has 0 aromatic carbocycles. The lowest BCUT2D eigenvalue weighted by atomic mass is 9.87. The van der Waals surface area contributed by atoms with E-state index in [-0.39, 0.29) is 0 Å². The summed E-state index contributed by atoms with van der Waals surface area (Å²) < 4.78 is 5.92. The molecule has 0 radical (unpaired) electrons. The number of hydrogen-bond acceptors (Lipinski definition) is 4. The lowest BCUT2D eigenvalue weighted by molar-refractivity contribution is -0.0813. The second-order valence-corrected chi connectivity index (χ2v) is 5.91. The van der Waals surface area contributed by atoms with Gasteiger partial charge < -0.3 is 9.84 Å². The average molecular weight is 250 g/mol. The second kappa shape index (κ2) is 4.28. The quantitative estimate of drug-likeness (QED) is 0.894. The van der Waals surface area contributed by atoms with Gasteiger partial charge in [0.25, 0.3) is 0 Å². The van der Waals surface area contributed by atoms with Gasteiger partial charge in [-0.1, -0.05) is 6.92 Å². The predicted octanol–water partition coefficient (Wildman–Crippen LogP) is 2.25. The minimum atomic E-state index is -0.776. The van der Waals surface area contributed by atoms with Crippen LogP contribution in [0.25, 0.3) is 0 Å². The maximum absolute atomic E-state index is 10.0. The maximum atomic E-state index is 10.0. The zero-order chi connectivity index (χ0) is 13.6. The van der Waals surface area contributed by atoms with E-state index in [1.807, 2.05) is 13.8 Å². The van der Waals surface area contributed by atoms with E-state index in [0.29, 0.717) is 13.0 Å². The summed E-state index contributed by atoms with van der Waals surface area (Å²) in [4.78, 5) is 9.02. The first-order chi connectivity index (χ1) is 8.25. The molecule has 0 spiro atoms. The summed E-state index contributed by atoms with van der Waals surface area (Å²) >= 11 is 0. The molecule has 2 heterocycles. The van der Waals surface area contributed by atoms with E-state index in [4.69, 9.17) is 4.74 Å². The van der Waals surface area contributed by atoms with Crippen molar-refractivity contribution in [1.82, 2.24) is 9.97 Å². The normalized spacial score (nSPS) is 23.2. The van der Waals surface area contributed by atoms with Crippen LogP contribution in [0.4, 0.5) is 0 Å². The molecule has 1 aromatic heterocycles. The van der Waals surface area contributed by atoms with Gasteiger partial charge in [-0.05, 0) is 34.1 Å². The van der Waals surface area contributed by atoms with Crippen molar-refractivity contribution in [3.8, 4) is 0 Å². The molecule has 4 heteroatoms. The highest BCUT2D eigenvalue weighted by Gasteiger charge is 2.42. The molecule has 1 N–H and O–H groups in total. The van der Waals surface area contributed by atoms with Crippen LogP contribution in [0, 0.1) is 6.92 Å². The van der Waals surface area contributed by atoms with E-state index in [0.717, 1.165) is 29.2 Å². The molecule has 4 nitrogen and oxygen atoms in total.